The highest BCUT2D eigenvalue weighted by Crippen LogP contribution is 2.35. The van der Waals surface area contributed by atoms with E-state index >= 15 is 4.39 Å². The van der Waals surface area contributed by atoms with Crippen molar-refractivity contribution in [2.24, 2.45) is 0 Å². The monoisotopic (exact) mass is 339 g/mol. The Morgan fingerprint density at radius 2 is 2.04 bits per heavy atom. The molecule has 0 aliphatic heterocycles. The van der Waals surface area contributed by atoms with E-state index in [-0.39, 0.29) is 28.1 Å². The maximum atomic E-state index is 15.1. The van der Waals surface area contributed by atoms with Crippen LogP contribution in [0.15, 0.2) is 34.7 Å². The normalized spacial score (nSPS) is 10.7. The lowest BCUT2D eigenvalue weighted by Gasteiger charge is -2.10. The zero-order valence-corrected chi connectivity index (χ0v) is 13.8. The number of amides is 1. The van der Waals surface area contributed by atoms with Gasteiger partial charge in [-0.2, -0.15) is 5.26 Å². The number of nitriles is 1. The predicted octanol–water partition coefficient (Wildman–Crippen LogP) is 3.45. The zero-order chi connectivity index (χ0) is 18.1. The van der Waals surface area contributed by atoms with E-state index in [1.165, 1.54) is 14.2 Å². The fourth-order valence-corrected chi connectivity index (χ4v) is 2.61. The summed E-state index contributed by atoms with van der Waals surface area (Å²) < 4.78 is 20.4. The molecule has 3 aromatic rings. The first kappa shape index (κ1) is 16.6. The first-order chi connectivity index (χ1) is 12.0. The minimum Gasteiger partial charge on any atom is -0.429 e. The van der Waals surface area contributed by atoms with Gasteiger partial charge in [-0.3, -0.25) is 9.63 Å². The van der Waals surface area contributed by atoms with Gasteiger partial charge in [0.1, 0.15) is 11.6 Å². The molecule has 0 fully saturated rings. The molecule has 0 spiro atoms. The third kappa shape index (κ3) is 2.62. The van der Waals surface area contributed by atoms with E-state index in [4.69, 9.17) is 9.25 Å². The smallest absolute Gasteiger partial charge is 0.332 e. The summed E-state index contributed by atoms with van der Waals surface area (Å²) in [6, 6.07) is 10.9. The number of nitrogens with zero attached hydrogens (tertiary/aromatic N) is 3. The van der Waals surface area contributed by atoms with Crippen LogP contribution in [0.25, 0.3) is 22.2 Å². The van der Waals surface area contributed by atoms with Crippen molar-refractivity contribution in [2.75, 3.05) is 14.2 Å². The Morgan fingerprint density at radius 3 is 2.64 bits per heavy atom. The highest BCUT2D eigenvalue weighted by Gasteiger charge is 2.26. The lowest BCUT2D eigenvalue weighted by atomic mass is 9.95. The van der Waals surface area contributed by atoms with Crippen molar-refractivity contribution in [1.82, 2.24) is 10.0 Å². The van der Waals surface area contributed by atoms with Crippen LogP contribution in [0.5, 0.6) is 0 Å². The van der Waals surface area contributed by atoms with Crippen LogP contribution in [-0.2, 0) is 4.84 Å². The quantitative estimate of drug-likeness (QED) is 0.683. The van der Waals surface area contributed by atoms with Gasteiger partial charge in [0.25, 0.3) is 5.89 Å². The Hall–Kier alpha value is -3.24. The number of benzene rings is 2. The third-order valence-corrected chi connectivity index (χ3v) is 3.95. The molecule has 1 heterocycles. The van der Waals surface area contributed by atoms with Crippen LogP contribution in [0, 0.1) is 24.1 Å². The SMILES string of the molecule is CON(C)C(=O)c1nc2c(C#N)c(C)c(-c3ccccc3)c(F)c2o1. The lowest BCUT2D eigenvalue weighted by molar-refractivity contribution is -0.0776. The van der Waals surface area contributed by atoms with E-state index in [1.807, 2.05) is 12.1 Å². The average molecular weight is 339 g/mol. The summed E-state index contributed by atoms with van der Waals surface area (Å²) in [5.41, 5.74) is 1.25. The Kier molecular flexibility index (Phi) is 4.21. The van der Waals surface area contributed by atoms with Gasteiger partial charge in [0.2, 0.25) is 0 Å². The Morgan fingerprint density at radius 1 is 1.36 bits per heavy atom. The van der Waals surface area contributed by atoms with Crippen LogP contribution in [-0.4, -0.2) is 30.1 Å². The van der Waals surface area contributed by atoms with E-state index < -0.39 is 11.7 Å². The van der Waals surface area contributed by atoms with Crippen molar-refractivity contribution >= 4 is 17.0 Å². The molecule has 0 aliphatic rings. The molecule has 0 saturated carbocycles. The zero-order valence-electron chi connectivity index (χ0n) is 13.8. The number of hydrogen-bond donors (Lipinski definition) is 0. The molecule has 0 unspecified atom stereocenters. The van der Waals surface area contributed by atoms with Crippen molar-refractivity contribution in [3.63, 3.8) is 0 Å². The number of halogens is 1. The molecular weight excluding hydrogens is 325 g/mol. The van der Waals surface area contributed by atoms with E-state index in [1.54, 1.807) is 31.2 Å². The third-order valence-electron chi connectivity index (χ3n) is 3.95. The molecule has 1 amide bonds. The highest BCUT2D eigenvalue weighted by atomic mass is 19.1. The number of rotatable bonds is 3. The van der Waals surface area contributed by atoms with Crippen molar-refractivity contribution in [1.29, 1.82) is 5.26 Å². The number of hydroxylamine groups is 2. The molecule has 7 heteroatoms. The summed E-state index contributed by atoms with van der Waals surface area (Å²) in [5.74, 6) is -1.69. The number of carbonyl (C=O) groups excluding carboxylic acids is 1. The van der Waals surface area contributed by atoms with Crippen LogP contribution in [0.2, 0.25) is 0 Å². The summed E-state index contributed by atoms with van der Waals surface area (Å²) >= 11 is 0. The molecule has 2 aromatic carbocycles. The van der Waals surface area contributed by atoms with Crippen molar-refractivity contribution in [3.05, 3.63) is 53.2 Å². The minimum atomic E-state index is -0.680. The van der Waals surface area contributed by atoms with E-state index in [0.717, 1.165) is 5.06 Å². The second kappa shape index (κ2) is 6.34. The Labute approximate surface area is 143 Å². The maximum Gasteiger partial charge on any atom is 0.332 e. The molecule has 0 aliphatic carbocycles. The van der Waals surface area contributed by atoms with Crippen molar-refractivity contribution in [3.8, 4) is 17.2 Å². The highest BCUT2D eigenvalue weighted by molar-refractivity contribution is 5.95. The standard InChI is InChI=1S/C18H14FN3O3/c1-10-12(9-20)15-16(25-17(21-15)18(23)22(2)24-3)14(19)13(10)11-7-5-4-6-8-11/h4-8H,1-3H3. The van der Waals surface area contributed by atoms with Gasteiger partial charge < -0.3 is 4.42 Å². The van der Waals surface area contributed by atoms with Crippen molar-refractivity contribution in [2.45, 2.75) is 6.92 Å². The van der Waals surface area contributed by atoms with E-state index in [0.29, 0.717) is 11.1 Å². The lowest BCUT2D eigenvalue weighted by Crippen LogP contribution is -2.25. The van der Waals surface area contributed by atoms with Crippen LogP contribution < -0.4 is 0 Å². The topological polar surface area (TPSA) is 79.4 Å². The van der Waals surface area contributed by atoms with E-state index in [2.05, 4.69) is 4.98 Å². The first-order valence-corrected chi connectivity index (χ1v) is 7.39. The first-order valence-electron chi connectivity index (χ1n) is 7.39. The van der Waals surface area contributed by atoms with Gasteiger partial charge in [-0.1, -0.05) is 30.3 Å². The van der Waals surface area contributed by atoms with Gasteiger partial charge in [0, 0.05) is 12.6 Å². The molecular formula is C18H14FN3O3. The number of oxazole rings is 1. The van der Waals surface area contributed by atoms with Crippen LogP contribution in [0.4, 0.5) is 4.39 Å². The molecule has 25 heavy (non-hydrogen) atoms. The second-order valence-electron chi connectivity index (χ2n) is 5.35. The number of aromatic nitrogens is 1. The van der Waals surface area contributed by atoms with Crippen LogP contribution >= 0.6 is 0 Å². The largest absolute Gasteiger partial charge is 0.429 e. The van der Waals surface area contributed by atoms with Crippen molar-refractivity contribution < 1.29 is 18.4 Å². The molecule has 3 rings (SSSR count). The fraction of sp³-hybridized carbons (Fsp3) is 0.167. The maximum absolute atomic E-state index is 15.1. The number of fused-ring (bicyclic) bond motifs is 1. The molecule has 0 atom stereocenters. The average Bonchev–Trinajstić information content (AvgIpc) is 3.07. The summed E-state index contributed by atoms with van der Waals surface area (Å²) in [5, 5.41) is 10.4. The number of hydrogen-bond acceptors (Lipinski definition) is 5. The number of carbonyl (C=O) groups is 1. The molecule has 1 aromatic heterocycles. The van der Waals surface area contributed by atoms with Crippen LogP contribution in [0.1, 0.15) is 21.8 Å². The Balaban J connectivity index is 2.32. The molecule has 0 N–H and O–H groups in total. The molecule has 126 valence electrons. The summed E-state index contributed by atoms with van der Waals surface area (Å²) in [4.78, 5) is 20.9. The molecule has 6 nitrogen and oxygen atoms in total. The molecule has 0 saturated heterocycles. The fourth-order valence-electron chi connectivity index (χ4n) is 2.61. The molecule has 0 bridgehead atoms. The molecule has 0 radical (unpaired) electrons. The van der Waals surface area contributed by atoms with E-state index in [9.17, 15) is 10.1 Å². The van der Waals surface area contributed by atoms with Gasteiger partial charge in [-0.05, 0) is 18.1 Å². The predicted molar refractivity (Wildman–Crippen MR) is 88.0 cm³/mol. The summed E-state index contributed by atoms with van der Waals surface area (Å²) in [6.45, 7) is 1.64. The van der Waals surface area contributed by atoms with Gasteiger partial charge in [-0.25, -0.2) is 14.4 Å². The van der Waals surface area contributed by atoms with Gasteiger partial charge in [-0.15, -0.1) is 0 Å². The summed E-state index contributed by atoms with van der Waals surface area (Å²) in [7, 11) is 2.68. The van der Waals surface area contributed by atoms with Gasteiger partial charge in [0.05, 0.1) is 12.7 Å². The summed E-state index contributed by atoms with van der Waals surface area (Å²) in [6.07, 6.45) is 0. The van der Waals surface area contributed by atoms with Crippen LogP contribution in [0.3, 0.4) is 0 Å². The second-order valence-corrected chi connectivity index (χ2v) is 5.35. The Bertz CT molecular complexity index is 1010. The van der Waals surface area contributed by atoms with Gasteiger partial charge in [0.15, 0.2) is 11.4 Å². The van der Waals surface area contributed by atoms with Gasteiger partial charge >= 0.3 is 5.91 Å². The minimum absolute atomic E-state index is 0.0186.